The van der Waals surface area contributed by atoms with Crippen molar-refractivity contribution < 1.29 is 9.50 Å². The molecule has 0 radical (unpaired) electrons. The topological polar surface area (TPSA) is 46.2 Å². The zero-order valence-electron chi connectivity index (χ0n) is 20.7. The summed E-state index contributed by atoms with van der Waals surface area (Å²) in [6, 6.07) is -0.108. The van der Waals surface area contributed by atoms with Gasteiger partial charge >= 0.3 is 0 Å². The Labute approximate surface area is 195 Å². The normalized spacial score (nSPS) is 34.9. The van der Waals surface area contributed by atoms with Gasteiger partial charge in [0, 0.05) is 6.04 Å². The van der Waals surface area contributed by atoms with E-state index < -0.39 is 11.8 Å². The average Bonchev–Trinajstić information content (AvgIpc) is 3.12. The quantitative estimate of drug-likeness (QED) is 0.413. The van der Waals surface area contributed by atoms with E-state index in [1.807, 2.05) is 19.9 Å². The first kappa shape index (κ1) is 25.2. The number of aliphatic hydroxyl groups is 1. The largest absolute Gasteiger partial charge is 0.386 e. The Morgan fingerprint density at radius 3 is 2.75 bits per heavy atom. The first-order valence-corrected chi connectivity index (χ1v) is 12.7. The Morgan fingerprint density at radius 1 is 1.34 bits per heavy atom. The highest BCUT2D eigenvalue weighted by Crippen LogP contribution is 2.57. The van der Waals surface area contributed by atoms with Crippen molar-refractivity contribution in [3.8, 4) is 0 Å². The lowest BCUT2D eigenvalue weighted by atomic mass is 9.62. The highest BCUT2D eigenvalue weighted by Gasteiger charge is 2.45. The molecule has 3 aliphatic carbocycles. The Bertz CT molecular complexity index is 815. The van der Waals surface area contributed by atoms with Crippen LogP contribution in [-0.2, 0) is 0 Å². The lowest BCUT2D eigenvalue weighted by Gasteiger charge is -2.42. The second-order valence-electron chi connectivity index (χ2n) is 10.7. The van der Waals surface area contributed by atoms with Crippen molar-refractivity contribution in [2.24, 2.45) is 23.0 Å². The van der Waals surface area contributed by atoms with Crippen molar-refractivity contribution in [1.82, 2.24) is 0 Å². The predicted octanol–water partition coefficient (Wildman–Crippen LogP) is 7.12. The fourth-order valence-electron chi connectivity index (χ4n) is 6.21. The number of nitrogens with two attached hydrogens (primary N) is 1. The summed E-state index contributed by atoms with van der Waals surface area (Å²) in [6.45, 7) is 12.8. The third-order valence-electron chi connectivity index (χ3n) is 8.57. The molecule has 2 fully saturated rings. The van der Waals surface area contributed by atoms with E-state index in [2.05, 4.69) is 44.7 Å². The van der Waals surface area contributed by atoms with E-state index in [1.165, 1.54) is 18.4 Å². The van der Waals surface area contributed by atoms with Crippen molar-refractivity contribution in [1.29, 1.82) is 0 Å². The summed E-state index contributed by atoms with van der Waals surface area (Å²) in [5.41, 5.74) is 10.3. The highest BCUT2D eigenvalue weighted by atomic mass is 19.1. The second-order valence-corrected chi connectivity index (χ2v) is 10.7. The zero-order valence-corrected chi connectivity index (χ0v) is 20.7. The average molecular weight is 442 g/mol. The van der Waals surface area contributed by atoms with Crippen LogP contribution in [0.5, 0.6) is 0 Å². The minimum Gasteiger partial charge on any atom is -0.386 e. The van der Waals surface area contributed by atoms with Crippen LogP contribution in [0.25, 0.3) is 0 Å². The van der Waals surface area contributed by atoms with Crippen molar-refractivity contribution in [3.63, 3.8) is 0 Å². The molecule has 3 rings (SSSR count). The molecule has 3 aliphatic rings. The molecule has 5 atom stereocenters. The summed E-state index contributed by atoms with van der Waals surface area (Å²) in [6.07, 6.45) is 18.3. The van der Waals surface area contributed by atoms with Gasteiger partial charge in [0.25, 0.3) is 0 Å². The molecule has 3 N–H and O–H groups in total. The van der Waals surface area contributed by atoms with Crippen molar-refractivity contribution in [3.05, 3.63) is 59.3 Å². The summed E-state index contributed by atoms with van der Waals surface area (Å²) in [4.78, 5) is 0. The Hall–Kier alpha value is -1.45. The number of fused-ring (bicyclic) bond motifs is 1. The summed E-state index contributed by atoms with van der Waals surface area (Å²) in [7, 11) is 0. The molecule has 0 bridgehead atoms. The van der Waals surface area contributed by atoms with E-state index in [9.17, 15) is 9.50 Å². The number of alkyl halides is 1. The van der Waals surface area contributed by atoms with E-state index in [0.29, 0.717) is 23.8 Å². The molecule has 0 aromatic heterocycles. The number of hydrogen-bond acceptors (Lipinski definition) is 2. The minimum atomic E-state index is -1.01. The molecule has 0 spiro atoms. The van der Waals surface area contributed by atoms with Crippen molar-refractivity contribution in [2.45, 2.75) is 103 Å². The van der Waals surface area contributed by atoms with E-state index in [-0.39, 0.29) is 11.5 Å². The van der Waals surface area contributed by atoms with Gasteiger partial charge in [-0.2, -0.15) is 0 Å². The standard InChI is InChI=1S/C29H44FNO/c1-6-29(32,7-2)17-8-10-20(3)25-14-15-26-22(11-9-16-28(25,26)5)12-13-23-18-24(31)19-27(30)21(23)4/h8,12-14,17,20,24,26-27,32H,4,6-7,9-11,15-16,18-19,31H2,1-3,5H3/b17-8+,22-12-,23-13+. The van der Waals surface area contributed by atoms with Gasteiger partial charge in [-0.15, -0.1) is 0 Å². The molecule has 5 unspecified atom stereocenters. The maximum atomic E-state index is 14.2. The van der Waals surface area contributed by atoms with Gasteiger partial charge in [-0.25, -0.2) is 4.39 Å². The van der Waals surface area contributed by atoms with Gasteiger partial charge in [0.1, 0.15) is 6.17 Å². The third-order valence-corrected chi connectivity index (χ3v) is 8.57. The Balaban J connectivity index is 1.73. The molecule has 2 saturated carbocycles. The summed E-state index contributed by atoms with van der Waals surface area (Å²) in [5, 5.41) is 10.5. The number of hydrogen-bond donors (Lipinski definition) is 2. The lowest BCUT2D eigenvalue weighted by Crippen LogP contribution is -2.32. The van der Waals surface area contributed by atoms with Crippen molar-refractivity contribution in [2.75, 3.05) is 0 Å². The van der Waals surface area contributed by atoms with Crippen LogP contribution in [0.3, 0.4) is 0 Å². The lowest BCUT2D eigenvalue weighted by molar-refractivity contribution is 0.0824. The third kappa shape index (κ3) is 5.20. The van der Waals surface area contributed by atoms with E-state index in [4.69, 9.17) is 5.73 Å². The SMILES string of the molecule is C=C1/C(=C/C=C2/CCCC3(C)C(C(C)C/C=C/C(O)(CC)CC)=CCC23)CC(N)CC1F. The molecule has 32 heavy (non-hydrogen) atoms. The first-order valence-electron chi connectivity index (χ1n) is 12.7. The van der Waals surface area contributed by atoms with Crippen LogP contribution < -0.4 is 5.73 Å². The van der Waals surface area contributed by atoms with Crippen LogP contribution in [0, 0.1) is 17.3 Å². The van der Waals surface area contributed by atoms with Crippen LogP contribution in [0.2, 0.25) is 0 Å². The molecule has 2 nitrogen and oxygen atoms in total. The van der Waals surface area contributed by atoms with Crippen LogP contribution in [-0.4, -0.2) is 22.9 Å². The minimum absolute atomic E-state index is 0.108. The molecule has 0 saturated heterocycles. The van der Waals surface area contributed by atoms with Gasteiger partial charge < -0.3 is 10.8 Å². The zero-order chi connectivity index (χ0) is 23.5. The summed E-state index contributed by atoms with van der Waals surface area (Å²) in [5.74, 6) is 1.00. The highest BCUT2D eigenvalue weighted by molar-refractivity contribution is 5.40. The number of allylic oxidation sites excluding steroid dienone is 7. The van der Waals surface area contributed by atoms with E-state index >= 15 is 0 Å². The summed E-state index contributed by atoms with van der Waals surface area (Å²) >= 11 is 0. The van der Waals surface area contributed by atoms with Crippen LogP contribution in [0.15, 0.2) is 59.3 Å². The fourth-order valence-corrected chi connectivity index (χ4v) is 6.21. The molecule has 0 aliphatic heterocycles. The Kier molecular flexibility index (Phi) is 8.04. The van der Waals surface area contributed by atoms with E-state index in [0.717, 1.165) is 44.1 Å². The van der Waals surface area contributed by atoms with Gasteiger partial charge in [-0.05, 0) is 86.2 Å². The number of halogens is 1. The second kappa shape index (κ2) is 10.2. The maximum absolute atomic E-state index is 14.2. The van der Waals surface area contributed by atoms with Gasteiger partial charge in [0.05, 0.1) is 5.60 Å². The molecule has 0 aromatic rings. The first-order chi connectivity index (χ1) is 15.1. The molecule has 3 heteroatoms. The smallest absolute Gasteiger partial charge is 0.126 e. The van der Waals surface area contributed by atoms with Crippen LogP contribution in [0.1, 0.15) is 85.5 Å². The van der Waals surface area contributed by atoms with Crippen LogP contribution >= 0.6 is 0 Å². The van der Waals surface area contributed by atoms with Gasteiger partial charge in [-0.1, -0.05) is 75.8 Å². The number of rotatable bonds is 7. The molecular weight excluding hydrogens is 397 g/mol. The van der Waals surface area contributed by atoms with Crippen molar-refractivity contribution >= 4 is 0 Å². The van der Waals surface area contributed by atoms with Crippen LogP contribution in [0.4, 0.5) is 4.39 Å². The molecule has 0 aromatic carbocycles. The van der Waals surface area contributed by atoms with E-state index in [1.54, 1.807) is 5.57 Å². The Morgan fingerprint density at radius 2 is 2.06 bits per heavy atom. The predicted molar refractivity (Wildman–Crippen MR) is 134 cm³/mol. The molecule has 178 valence electrons. The van der Waals surface area contributed by atoms with Gasteiger partial charge in [-0.3, -0.25) is 0 Å². The molecule has 0 amide bonds. The molecular formula is C29H44FNO. The fraction of sp³-hybridized carbons (Fsp3) is 0.655. The van der Waals surface area contributed by atoms with Gasteiger partial charge in [0.15, 0.2) is 0 Å². The summed E-state index contributed by atoms with van der Waals surface area (Å²) < 4.78 is 14.2. The monoisotopic (exact) mass is 441 g/mol. The van der Waals surface area contributed by atoms with Gasteiger partial charge in [0.2, 0.25) is 0 Å². The maximum Gasteiger partial charge on any atom is 0.126 e. The molecule has 0 heterocycles.